The molecule has 0 aliphatic carbocycles. The van der Waals surface area contributed by atoms with Crippen molar-refractivity contribution >= 4 is 23.1 Å². The van der Waals surface area contributed by atoms with E-state index >= 15 is 0 Å². The molecule has 0 amide bonds. The summed E-state index contributed by atoms with van der Waals surface area (Å²) >= 11 is 5.47. The Hall–Kier alpha value is -1.37. The van der Waals surface area contributed by atoms with Crippen LogP contribution in [0.3, 0.4) is 0 Å². The van der Waals surface area contributed by atoms with Crippen LogP contribution in [-0.4, -0.2) is 11.3 Å². The Bertz CT molecular complexity index is 332. The van der Waals surface area contributed by atoms with E-state index in [1.807, 2.05) is 0 Å². The maximum Gasteiger partial charge on any atom is 0.574 e. The molecule has 0 spiro atoms. The lowest BCUT2D eigenvalue weighted by molar-refractivity contribution is -0.276. The third-order valence-electron chi connectivity index (χ3n) is 1.21. The van der Waals surface area contributed by atoms with Crippen molar-refractivity contribution in [3.8, 4) is 5.88 Å². The van der Waals surface area contributed by atoms with E-state index in [1.54, 1.807) is 0 Å². The Labute approximate surface area is 81.6 Å². The van der Waals surface area contributed by atoms with Crippen molar-refractivity contribution in [2.24, 2.45) is 0 Å². The molecule has 0 aliphatic rings. The third-order valence-corrected chi connectivity index (χ3v) is 1.62. The van der Waals surface area contributed by atoms with Crippen molar-refractivity contribution in [3.05, 3.63) is 11.1 Å². The number of aromatic nitrogens is 1. The van der Waals surface area contributed by atoms with E-state index in [2.05, 4.69) is 9.72 Å². The molecule has 0 aliphatic heterocycles. The molecular formula is C6H5ClF3N3O. The number of pyridine rings is 1. The molecule has 1 heterocycles. The molecule has 1 aromatic heterocycles. The van der Waals surface area contributed by atoms with E-state index in [-0.39, 0.29) is 16.5 Å². The molecule has 0 aromatic carbocycles. The molecule has 0 saturated heterocycles. The second kappa shape index (κ2) is 3.41. The third kappa shape index (κ3) is 2.56. The molecule has 1 rings (SSSR count). The van der Waals surface area contributed by atoms with Crippen molar-refractivity contribution in [2.75, 3.05) is 11.5 Å². The molecule has 0 atom stereocenters. The first kappa shape index (κ1) is 10.7. The summed E-state index contributed by atoms with van der Waals surface area (Å²) in [5.41, 5.74) is 10.3. The van der Waals surface area contributed by atoms with Crippen molar-refractivity contribution in [2.45, 2.75) is 6.36 Å². The van der Waals surface area contributed by atoms with E-state index < -0.39 is 12.2 Å². The van der Waals surface area contributed by atoms with Gasteiger partial charge >= 0.3 is 6.36 Å². The van der Waals surface area contributed by atoms with Crippen molar-refractivity contribution in [1.82, 2.24) is 4.98 Å². The number of hydrogen-bond donors (Lipinski definition) is 2. The second-order valence-electron chi connectivity index (χ2n) is 2.30. The topological polar surface area (TPSA) is 74.2 Å². The molecule has 0 unspecified atom stereocenters. The standard InChI is InChI=1S/C6H5ClF3N3O/c7-4-2(11)1-3(13-5(4)12)14-6(8,9)10/h1H,(H4,11,12,13). The number of nitrogens with two attached hydrogens (primary N) is 2. The molecule has 14 heavy (non-hydrogen) atoms. The normalized spacial score (nSPS) is 11.4. The van der Waals surface area contributed by atoms with Crippen LogP contribution < -0.4 is 16.2 Å². The fourth-order valence-electron chi connectivity index (χ4n) is 0.715. The van der Waals surface area contributed by atoms with Crippen molar-refractivity contribution in [1.29, 1.82) is 0 Å². The quantitative estimate of drug-likeness (QED) is 0.767. The Kier molecular flexibility index (Phi) is 2.61. The number of halogens is 4. The zero-order chi connectivity index (χ0) is 10.9. The Morgan fingerprint density at radius 2 is 1.93 bits per heavy atom. The summed E-state index contributed by atoms with van der Waals surface area (Å²) in [6, 6.07) is 0.839. The molecule has 0 bridgehead atoms. The summed E-state index contributed by atoms with van der Waals surface area (Å²) in [7, 11) is 0. The van der Waals surface area contributed by atoms with Gasteiger partial charge in [0.05, 0.1) is 5.69 Å². The molecular weight excluding hydrogens is 223 g/mol. The SMILES string of the molecule is Nc1cc(OC(F)(F)F)nc(N)c1Cl. The number of anilines is 2. The van der Waals surface area contributed by atoms with E-state index in [9.17, 15) is 13.2 Å². The van der Waals surface area contributed by atoms with E-state index in [4.69, 9.17) is 23.1 Å². The summed E-state index contributed by atoms with van der Waals surface area (Å²) in [4.78, 5) is 3.24. The zero-order valence-electron chi connectivity index (χ0n) is 6.60. The Morgan fingerprint density at radius 1 is 1.36 bits per heavy atom. The number of nitrogen functional groups attached to an aromatic ring is 2. The summed E-state index contributed by atoms with van der Waals surface area (Å²) in [6.07, 6.45) is -4.83. The van der Waals surface area contributed by atoms with Gasteiger partial charge < -0.3 is 16.2 Å². The maximum absolute atomic E-state index is 11.7. The number of ether oxygens (including phenoxy) is 1. The fraction of sp³-hybridized carbons (Fsp3) is 0.167. The van der Waals surface area contributed by atoms with Gasteiger partial charge in [0.15, 0.2) is 0 Å². The van der Waals surface area contributed by atoms with Crippen LogP contribution >= 0.6 is 11.6 Å². The van der Waals surface area contributed by atoms with Gasteiger partial charge in [-0.25, -0.2) is 0 Å². The van der Waals surface area contributed by atoms with Gasteiger partial charge in [-0.3, -0.25) is 0 Å². The summed E-state index contributed by atoms with van der Waals surface area (Å²) < 4.78 is 38.7. The predicted molar refractivity (Wildman–Crippen MR) is 44.8 cm³/mol. The zero-order valence-corrected chi connectivity index (χ0v) is 7.36. The van der Waals surface area contributed by atoms with Gasteiger partial charge in [-0.2, -0.15) is 4.98 Å². The molecule has 1 aromatic rings. The highest BCUT2D eigenvalue weighted by atomic mass is 35.5. The first-order valence-electron chi connectivity index (χ1n) is 3.27. The van der Waals surface area contributed by atoms with Crippen LogP contribution in [0.25, 0.3) is 0 Å². The second-order valence-corrected chi connectivity index (χ2v) is 2.67. The van der Waals surface area contributed by atoms with Crippen LogP contribution in [0.15, 0.2) is 6.07 Å². The van der Waals surface area contributed by atoms with Crippen molar-refractivity contribution < 1.29 is 17.9 Å². The van der Waals surface area contributed by atoms with Gasteiger partial charge in [-0.1, -0.05) is 11.6 Å². The molecule has 0 fully saturated rings. The average Bonchev–Trinajstić information content (AvgIpc) is 1.96. The number of alkyl halides is 3. The molecule has 0 radical (unpaired) electrons. The smallest absolute Gasteiger partial charge is 0.397 e. The minimum absolute atomic E-state index is 0.0977. The molecule has 0 saturated carbocycles. The highest BCUT2D eigenvalue weighted by Gasteiger charge is 2.32. The van der Waals surface area contributed by atoms with Gasteiger partial charge in [0, 0.05) is 6.07 Å². The van der Waals surface area contributed by atoms with Crippen LogP contribution in [-0.2, 0) is 0 Å². The van der Waals surface area contributed by atoms with E-state index in [1.165, 1.54) is 0 Å². The van der Waals surface area contributed by atoms with Crippen molar-refractivity contribution in [3.63, 3.8) is 0 Å². The number of nitrogens with zero attached hydrogens (tertiary/aromatic N) is 1. The number of hydrogen-bond acceptors (Lipinski definition) is 4. The van der Waals surface area contributed by atoms with Gasteiger partial charge in [-0.15, -0.1) is 13.2 Å². The monoisotopic (exact) mass is 227 g/mol. The summed E-state index contributed by atoms with van der Waals surface area (Å²) in [5.74, 6) is -1.05. The Morgan fingerprint density at radius 3 is 2.36 bits per heavy atom. The molecule has 4 nitrogen and oxygen atoms in total. The summed E-state index contributed by atoms with van der Waals surface area (Å²) in [5, 5.41) is -0.0977. The lowest BCUT2D eigenvalue weighted by atomic mass is 10.4. The fourth-order valence-corrected chi connectivity index (χ4v) is 0.812. The average molecular weight is 228 g/mol. The van der Waals surface area contributed by atoms with E-state index in [0.717, 1.165) is 6.07 Å². The maximum atomic E-state index is 11.7. The highest BCUT2D eigenvalue weighted by molar-refractivity contribution is 6.35. The van der Waals surface area contributed by atoms with Gasteiger partial charge in [0.1, 0.15) is 10.8 Å². The molecule has 4 N–H and O–H groups in total. The minimum atomic E-state index is -4.83. The first-order valence-corrected chi connectivity index (χ1v) is 3.64. The van der Waals surface area contributed by atoms with Gasteiger partial charge in [0.25, 0.3) is 0 Å². The summed E-state index contributed by atoms with van der Waals surface area (Å²) in [6.45, 7) is 0. The molecule has 8 heteroatoms. The Balaban J connectivity index is 3.02. The van der Waals surface area contributed by atoms with Gasteiger partial charge in [-0.05, 0) is 0 Å². The van der Waals surface area contributed by atoms with Crippen LogP contribution in [0, 0.1) is 0 Å². The van der Waals surface area contributed by atoms with Gasteiger partial charge in [0.2, 0.25) is 5.88 Å². The minimum Gasteiger partial charge on any atom is -0.397 e. The lowest BCUT2D eigenvalue weighted by Gasteiger charge is -2.09. The predicted octanol–water partition coefficient (Wildman–Crippen LogP) is 1.80. The lowest BCUT2D eigenvalue weighted by Crippen LogP contribution is -2.18. The van der Waals surface area contributed by atoms with Crippen LogP contribution in [0.2, 0.25) is 5.02 Å². The number of rotatable bonds is 1. The first-order chi connectivity index (χ1) is 6.29. The van der Waals surface area contributed by atoms with E-state index in [0.29, 0.717) is 0 Å². The van der Waals surface area contributed by atoms with Crippen LogP contribution in [0.5, 0.6) is 5.88 Å². The largest absolute Gasteiger partial charge is 0.574 e. The molecule has 78 valence electrons. The highest BCUT2D eigenvalue weighted by Crippen LogP contribution is 2.30. The van der Waals surface area contributed by atoms with Crippen LogP contribution in [0.4, 0.5) is 24.7 Å². The van der Waals surface area contributed by atoms with Crippen LogP contribution in [0.1, 0.15) is 0 Å².